The van der Waals surface area contributed by atoms with Crippen LogP contribution in [-0.4, -0.2) is 44.7 Å². The van der Waals surface area contributed by atoms with Gasteiger partial charge in [0.05, 0.1) is 13.2 Å². The Morgan fingerprint density at radius 3 is 2.41 bits per heavy atom. The Morgan fingerprint density at radius 2 is 1.81 bits per heavy atom. The third-order valence-corrected chi connectivity index (χ3v) is 4.35. The van der Waals surface area contributed by atoms with Gasteiger partial charge in [0.15, 0.2) is 6.10 Å². The number of carbonyl (C=O) groups is 1. The molecule has 0 aromatic heterocycles. The van der Waals surface area contributed by atoms with E-state index in [1.807, 2.05) is 50.2 Å². The van der Waals surface area contributed by atoms with E-state index >= 15 is 0 Å². The highest BCUT2D eigenvalue weighted by Crippen LogP contribution is 2.27. The zero-order valence-corrected chi connectivity index (χ0v) is 16.2. The van der Waals surface area contributed by atoms with Gasteiger partial charge >= 0.3 is 0 Å². The van der Waals surface area contributed by atoms with Gasteiger partial charge in [-0.1, -0.05) is 25.1 Å². The van der Waals surface area contributed by atoms with Crippen LogP contribution in [-0.2, 0) is 4.79 Å². The van der Waals surface area contributed by atoms with Gasteiger partial charge in [0, 0.05) is 12.1 Å². The number of ether oxygens (including phenoxy) is 2. The summed E-state index contributed by atoms with van der Waals surface area (Å²) in [5.41, 5.74) is 0.998. The number of para-hydroxylation sites is 1. The average Bonchev–Trinajstić information content (AvgIpc) is 2.67. The first-order chi connectivity index (χ1) is 13.0. The summed E-state index contributed by atoms with van der Waals surface area (Å²) in [7, 11) is 5.54. The van der Waals surface area contributed by atoms with Crippen molar-refractivity contribution in [3.05, 3.63) is 59.9 Å². The van der Waals surface area contributed by atoms with Gasteiger partial charge < -0.3 is 19.7 Å². The smallest absolute Gasteiger partial charge is 0.261 e. The summed E-state index contributed by atoms with van der Waals surface area (Å²) in [5, 5.41) is 2.96. The largest absolute Gasteiger partial charge is 0.496 e. The summed E-state index contributed by atoms with van der Waals surface area (Å²) in [5.74, 6) is 0.696. The number of amides is 1. The van der Waals surface area contributed by atoms with Crippen molar-refractivity contribution in [2.45, 2.75) is 25.5 Å². The van der Waals surface area contributed by atoms with E-state index in [4.69, 9.17) is 9.47 Å². The minimum absolute atomic E-state index is 0.0478. The Balaban J connectivity index is 2.04. The van der Waals surface area contributed by atoms with Crippen LogP contribution in [0.2, 0.25) is 0 Å². The maximum absolute atomic E-state index is 13.0. The molecule has 0 aliphatic heterocycles. The highest BCUT2D eigenvalue weighted by molar-refractivity contribution is 5.81. The topological polar surface area (TPSA) is 50.8 Å². The SMILES string of the molecule is CC[C@H](Oc1ccc(F)cc1)C(=O)NC[C@H](c1ccccc1OC)N(C)C. The molecule has 0 aliphatic carbocycles. The lowest BCUT2D eigenvalue weighted by Gasteiger charge is -2.27. The first kappa shape index (κ1) is 20.7. The normalized spacial score (nSPS) is 13.1. The Kier molecular flexibility index (Phi) is 7.61. The molecule has 0 spiro atoms. The fraction of sp³-hybridized carbons (Fsp3) is 0.381. The van der Waals surface area contributed by atoms with Gasteiger partial charge in [-0.2, -0.15) is 0 Å². The summed E-state index contributed by atoms with van der Waals surface area (Å²) in [6, 6.07) is 13.4. The zero-order chi connectivity index (χ0) is 19.8. The van der Waals surface area contributed by atoms with Crippen molar-refractivity contribution in [3.63, 3.8) is 0 Å². The van der Waals surface area contributed by atoms with Gasteiger partial charge in [0.2, 0.25) is 0 Å². The van der Waals surface area contributed by atoms with Gasteiger partial charge in [-0.3, -0.25) is 4.79 Å². The van der Waals surface area contributed by atoms with Gasteiger partial charge in [-0.05, 0) is 50.8 Å². The predicted octanol–water partition coefficient (Wildman–Crippen LogP) is 3.41. The maximum Gasteiger partial charge on any atom is 0.261 e. The van der Waals surface area contributed by atoms with Crippen LogP contribution in [0.25, 0.3) is 0 Å². The fourth-order valence-corrected chi connectivity index (χ4v) is 2.82. The quantitative estimate of drug-likeness (QED) is 0.731. The van der Waals surface area contributed by atoms with E-state index in [0.717, 1.165) is 11.3 Å². The van der Waals surface area contributed by atoms with Gasteiger partial charge in [-0.25, -0.2) is 4.39 Å². The molecule has 5 nitrogen and oxygen atoms in total. The molecular formula is C21H27FN2O3. The first-order valence-electron chi connectivity index (χ1n) is 8.95. The number of rotatable bonds is 9. The van der Waals surface area contributed by atoms with Crippen molar-refractivity contribution in [3.8, 4) is 11.5 Å². The molecule has 146 valence electrons. The Morgan fingerprint density at radius 1 is 1.15 bits per heavy atom. The number of benzene rings is 2. The second-order valence-electron chi connectivity index (χ2n) is 6.44. The van der Waals surface area contributed by atoms with Crippen LogP contribution in [0.4, 0.5) is 4.39 Å². The molecule has 0 heterocycles. The number of nitrogens with zero attached hydrogens (tertiary/aromatic N) is 1. The summed E-state index contributed by atoms with van der Waals surface area (Å²) in [4.78, 5) is 14.6. The molecule has 1 amide bonds. The lowest BCUT2D eigenvalue weighted by atomic mass is 10.0. The Hall–Kier alpha value is -2.60. The van der Waals surface area contributed by atoms with Crippen molar-refractivity contribution < 1.29 is 18.7 Å². The van der Waals surface area contributed by atoms with Gasteiger partial charge in [0.1, 0.15) is 17.3 Å². The van der Waals surface area contributed by atoms with Gasteiger partial charge in [-0.15, -0.1) is 0 Å². The summed E-state index contributed by atoms with van der Waals surface area (Å²) >= 11 is 0. The summed E-state index contributed by atoms with van der Waals surface area (Å²) < 4.78 is 24.2. The van der Waals surface area contributed by atoms with Crippen molar-refractivity contribution in [2.24, 2.45) is 0 Å². The van der Waals surface area contributed by atoms with Crippen LogP contribution in [0.5, 0.6) is 11.5 Å². The van der Waals surface area contributed by atoms with Crippen LogP contribution >= 0.6 is 0 Å². The van der Waals surface area contributed by atoms with Crippen LogP contribution < -0.4 is 14.8 Å². The molecule has 0 aliphatic rings. The number of likely N-dealkylation sites (N-methyl/N-ethyl adjacent to an activating group) is 1. The van der Waals surface area contributed by atoms with Crippen molar-refractivity contribution in [1.29, 1.82) is 0 Å². The second-order valence-corrected chi connectivity index (χ2v) is 6.44. The molecule has 0 radical (unpaired) electrons. The van der Waals surface area contributed by atoms with E-state index in [9.17, 15) is 9.18 Å². The lowest BCUT2D eigenvalue weighted by molar-refractivity contribution is -0.128. The van der Waals surface area contributed by atoms with Crippen molar-refractivity contribution >= 4 is 5.91 Å². The van der Waals surface area contributed by atoms with Crippen molar-refractivity contribution in [1.82, 2.24) is 10.2 Å². The molecule has 2 aromatic carbocycles. The molecule has 27 heavy (non-hydrogen) atoms. The molecule has 0 fully saturated rings. The number of carbonyl (C=O) groups excluding carboxylic acids is 1. The van der Waals surface area contributed by atoms with Crippen LogP contribution in [0.15, 0.2) is 48.5 Å². The minimum Gasteiger partial charge on any atom is -0.496 e. The second kappa shape index (κ2) is 9.92. The molecule has 1 N–H and O–H groups in total. The average molecular weight is 374 g/mol. The number of nitrogens with one attached hydrogen (secondary N) is 1. The summed E-state index contributed by atoms with van der Waals surface area (Å²) in [6.07, 6.45) is -0.138. The maximum atomic E-state index is 13.0. The molecule has 0 bridgehead atoms. The lowest BCUT2D eigenvalue weighted by Crippen LogP contribution is -2.42. The molecule has 2 aromatic rings. The molecule has 2 rings (SSSR count). The standard InChI is InChI=1S/C21H27FN2O3/c1-5-19(27-16-12-10-15(22)11-13-16)21(25)23-14-18(24(2)3)17-8-6-7-9-20(17)26-4/h6-13,18-19H,5,14H2,1-4H3,(H,23,25)/t18-,19+/m1/s1. The van der Waals surface area contributed by atoms with Crippen LogP contribution in [0.3, 0.4) is 0 Å². The number of hydrogen-bond acceptors (Lipinski definition) is 4. The Bertz CT molecular complexity index is 734. The van der Waals surface area contributed by atoms with Gasteiger partial charge in [0.25, 0.3) is 5.91 Å². The van der Waals surface area contributed by atoms with E-state index in [2.05, 4.69) is 5.32 Å². The molecule has 0 unspecified atom stereocenters. The van der Waals surface area contributed by atoms with E-state index in [1.54, 1.807) is 7.11 Å². The number of hydrogen-bond donors (Lipinski definition) is 1. The molecule has 0 saturated heterocycles. The molecule has 6 heteroatoms. The summed E-state index contributed by atoms with van der Waals surface area (Å²) in [6.45, 7) is 2.28. The predicted molar refractivity (Wildman–Crippen MR) is 104 cm³/mol. The van der Waals surface area contributed by atoms with Crippen LogP contribution in [0, 0.1) is 5.82 Å². The first-order valence-corrected chi connectivity index (χ1v) is 8.95. The fourth-order valence-electron chi connectivity index (χ4n) is 2.82. The van der Waals surface area contributed by atoms with Crippen LogP contribution in [0.1, 0.15) is 24.9 Å². The number of methoxy groups -OCH3 is 1. The van der Waals surface area contributed by atoms with E-state index in [-0.39, 0.29) is 17.8 Å². The van der Waals surface area contributed by atoms with E-state index in [0.29, 0.717) is 18.7 Å². The monoisotopic (exact) mass is 374 g/mol. The zero-order valence-electron chi connectivity index (χ0n) is 16.2. The third kappa shape index (κ3) is 5.69. The minimum atomic E-state index is -0.643. The highest BCUT2D eigenvalue weighted by Gasteiger charge is 2.23. The number of halogens is 1. The molecular weight excluding hydrogens is 347 g/mol. The van der Waals surface area contributed by atoms with Crippen molar-refractivity contribution in [2.75, 3.05) is 27.7 Å². The van der Waals surface area contributed by atoms with E-state index in [1.165, 1.54) is 24.3 Å². The molecule has 0 saturated carbocycles. The Labute approximate surface area is 160 Å². The van der Waals surface area contributed by atoms with E-state index < -0.39 is 6.10 Å². The third-order valence-electron chi connectivity index (χ3n) is 4.35. The highest BCUT2D eigenvalue weighted by atomic mass is 19.1. The molecule has 2 atom stereocenters.